The maximum Gasteiger partial charge on any atom is 0.244 e. The summed E-state index contributed by atoms with van der Waals surface area (Å²) in [6.07, 6.45) is 8.41. The Hall–Kier alpha value is -2.16. The molecule has 0 spiro atoms. The lowest BCUT2D eigenvalue weighted by atomic mass is 9.93. The number of carbonyl (C=O) groups excluding carboxylic acids is 1. The quantitative estimate of drug-likeness (QED) is 0.845. The number of aromatic nitrogens is 4. The molecule has 0 aromatic carbocycles. The van der Waals surface area contributed by atoms with Crippen molar-refractivity contribution >= 4 is 15.7 Å². The van der Waals surface area contributed by atoms with Crippen LogP contribution in [0.5, 0.6) is 0 Å². The summed E-state index contributed by atoms with van der Waals surface area (Å²) in [6.45, 7) is 1.60. The van der Waals surface area contributed by atoms with Crippen molar-refractivity contribution in [2.75, 3.05) is 19.3 Å². The monoisotopic (exact) mass is 351 g/mol. The van der Waals surface area contributed by atoms with E-state index in [1.165, 1.54) is 12.5 Å². The molecule has 9 heteroatoms. The largest absolute Gasteiger partial charge is 0.341 e. The zero-order chi connectivity index (χ0) is 17.2. The Balaban J connectivity index is 1.64. The van der Waals surface area contributed by atoms with Crippen molar-refractivity contribution in [2.24, 2.45) is 5.92 Å². The van der Waals surface area contributed by atoms with E-state index in [0.29, 0.717) is 18.7 Å². The number of H-pyrrole nitrogens is 1. The van der Waals surface area contributed by atoms with E-state index in [9.17, 15) is 13.2 Å². The van der Waals surface area contributed by atoms with Gasteiger partial charge in [0.25, 0.3) is 0 Å². The molecule has 8 nitrogen and oxygen atoms in total. The summed E-state index contributed by atoms with van der Waals surface area (Å²) in [6, 6.07) is 1.79. The number of rotatable bonds is 5. The molecule has 2 aromatic heterocycles. The molecule has 1 amide bonds. The Morgan fingerprint density at radius 3 is 3.00 bits per heavy atom. The Morgan fingerprint density at radius 2 is 2.29 bits per heavy atom. The summed E-state index contributed by atoms with van der Waals surface area (Å²) in [5.74, 6) is 0.262. The number of amides is 1. The van der Waals surface area contributed by atoms with Crippen LogP contribution >= 0.6 is 0 Å². The molecule has 130 valence electrons. The first-order valence-corrected chi connectivity index (χ1v) is 9.80. The number of hydrogen-bond donors (Lipinski definition) is 1. The van der Waals surface area contributed by atoms with Crippen LogP contribution in [-0.4, -0.2) is 58.5 Å². The highest BCUT2D eigenvalue weighted by Gasteiger charge is 2.26. The third-order valence-corrected chi connectivity index (χ3v) is 5.45. The first-order chi connectivity index (χ1) is 11.4. The lowest BCUT2D eigenvalue weighted by Crippen LogP contribution is -2.42. The van der Waals surface area contributed by atoms with E-state index in [2.05, 4.69) is 15.3 Å². The predicted octanol–water partition coefficient (Wildman–Crippen LogP) is 0.491. The summed E-state index contributed by atoms with van der Waals surface area (Å²) in [7, 11) is -3.29. The maximum absolute atomic E-state index is 12.4. The molecule has 1 atom stereocenters. The van der Waals surface area contributed by atoms with Gasteiger partial charge in [-0.2, -0.15) is 10.2 Å². The van der Waals surface area contributed by atoms with Crippen molar-refractivity contribution in [1.82, 2.24) is 24.9 Å². The van der Waals surface area contributed by atoms with Crippen LogP contribution in [0, 0.1) is 5.92 Å². The summed E-state index contributed by atoms with van der Waals surface area (Å²) < 4.78 is 25.2. The first-order valence-electron chi connectivity index (χ1n) is 7.91. The van der Waals surface area contributed by atoms with E-state index in [-0.39, 0.29) is 23.3 Å². The van der Waals surface area contributed by atoms with Crippen molar-refractivity contribution in [2.45, 2.75) is 30.7 Å². The van der Waals surface area contributed by atoms with Gasteiger partial charge < -0.3 is 4.90 Å². The SMILES string of the molecule is CS(=O)(=O)c1cn[nH]c1C[C@@H]1CCCN(C(=O)Cn2cccn2)C1. The Labute approximate surface area is 140 Å². The fourth-order valence-corrected chi connectivity index (χ4v) is 3.97. The molecule has 2 aromatic rings. The van der Waals surface area contributed by atoms with Gasteiger partial charge in [-0.3, -0.25) is 14.6 Å². The van der Waals surface area contributed by atoms with Crippen LogP contribution in [0.1, 0.15) is 18.5 Å². The van der Waals surface area contributed by atoms with E-state index >= 15 is 0 Å². The van der Waals surface area contributed by atoms with E-state index in [1.54, 1.807) is 23.1 Å². The Bertz CT molecular complexity index is 797. The molecule has 0 radical (unpaired) electrons. The highest BCUT2D eigenvalue weighted by atomic mass is 32.2. The number of aromatic amines is 1. The molecule has 24 heavy (non-hydrogen) atoms. The minimum atomic E-state index is -3.29. The molecule has 1 aliphatic heterocycles. The van der Waals surface area contributed by atoms with E-state index in [0.717, 1.165) is 19.4 Å². The number of carbonyl (C=O) groups is 1. The van der Waals surface area contributed by atoms with E-state index < -0.39 is 9.84 Å². The van der Waals surface area contributed by atoms with Crippen molar-refractivity contribution < 1.29 is 13.2 Å². The number of sulfone groups is 1. The van der Waals surface area contributed by atoms with Crippen molar-refractivity contribution in [3.05, 3.63) is 30.4 Å². The predicted molar refractivity (Wildman–Crippen MR) is 86.9 cm³/mol. The molecule has 0 unspecified atom stereocenters. The smallest absolute Gasteiger partial charge is 0.244 e. The zero-order valence-electron chi connectivity index (χ0n) is 13.6. The molecular weight excluding hydrogens is 330 g/mol. The molecule has 3 rings (SSSR count). The lowest BCUT2D eigenvalue weighted by Gasteiger charge is -2.32. The topological polar surface area (TPSA) is 101 Å². The van der Waals surface area contributed by atoms with Gasteiger partial charge in [0.2, 0.25) is 5.91 Å². The highest BCUT2D eigenvalue weighted by molar-refractivity contribution is 7.90. The summed E-state index contributed by atoms with van der Waals surface area (Å²) in [5, 5.41) is 10.7. The lowest BCUT2D eigenvalue weighted by molar-refractivity contribution is -0.133. The molecule has 0 saturated carbocycles. The Morgan fingerprint density at radius 1 is 1.46 bits per heavy atom. The van der Waals surface area contributed by atoms with Crippen molar-refractivity contribution in [3.8, 4) is 0 Å². The van der Waals surface area contributed by atoms with Gasteiger partial charge in [0.15, 0.2) is 9.84 Å². The number of hydrogen-bond acceptors (Lipinski definition) is 5. The fraction of sp³-hybridized carbons (Fsp3) is 0.533. The van der Waals surface area contributed by atoms with Crippen molar-refractivity contribution in [3.63, 3.8) is 0 Å². The van der Waals surface area contributed by atoms with Gasteiger partial charge in [-0.15, -0.1) is 0 Å². The molecule has 0 bridgehead atoms. The van der Waals surface area contributed by atoms with Crippen LogP contribution in [0.3, 0.4) is 0 Å². The first kappa shape index (κ1) is 16.7. The summed E-state index contributed by atoms with van der Waals surface area (Å²) in [5.41, 5.74) is 0.629. The average molecular weight is 351 g/mol. The molecule has 1 N–H and O–H groups in total. The van der Waals surface area contributed by atoms with Gasteiger partial charge >= 0.3 is 0 Å². The molecule has 0 aliphatic carbocycles. The summed E-state index contributed by atoms with van der Waals surface area (Å²) >= 11 is 0. The maximum atomic E-state index is 12.4. The second-order valence-electron chi connectivity index (χ2n) is 6.24. The third-order valence-electron chi connectivity index (χ3n) is 4.30. The van der Waals surface area contributed by atoms with Crippen LogP contribution in [0.25, 0.3) is 0 Å². The van der Waals surface area contributed by atoms with Gasteiger partial charge in [0.1, 0.15) is 11.4 Å². The second kappa shape index (κ2) is 6.76. The number of nitrogens with zero attached hydrogens (tertiary/aromatic N) is 4. The van der Waals surface area contributed by atoms with Crippen LogP contribution in [0.15, 0.2) is 29.6 Å². The van der Waals surface area contributed by atoms with Gasteiger partial charge in [-0.25, -0.2) is 8.42 Å². The minimum absolute atomic E-state index is 0.0383. The van der Waals surface area contributed by atoms with Gasteiger partial charge in [-0.05, 0) is 31.2 Å². The molecule has 3 heterocycles. The highest BCUT2D eigenvalue weighted by Crippen LogP contribution is 2.23. The van der Waals surface area contributed by atoms with Crippen LogP contribution in [0.2, 0.25) is 0 Å². The Kier molecular flexibility index (Phi) is 4.70. The number of piperidine rings is 1. The number of nitrogens with one attached hydrogen (secondary N) is 1. The van der Waals surface area contributed by atoms with Crippen LogP contribution < -0.4 is 0 Å². The number of likely N-dealkylation sites (tertiary alicyclic amines) is 1. The minimum Gasteiger partial charge on any atom is -0.341 e. The van der Waals surface area contributed by atoms with E-state index in [1.807, 2.05) is 4.90 Å². The van der Waals surface area contributed by atoms with Gasteiger partial charge in [0.05, 0.1) is 11.9 Å². The standard InChI is InChI=1S/C15H21N5O3S/c1-24(22,23)14-9-16-18-13(14)8-12-4-2-6-19(10-12)15(21)11-20-7-3-5-17-20/h3,5,7,9,12H,2,4,6,8,10-11H2,1H3,(H,16,18)/t12-/m0/s1. The second-order valence-corrected chi connectivity index (χ2v) is 8.22. The molecular formula is C15H21N5O3S. The zero-order valence-corrected chi connectivity index (χ0v) is 14.4. The van der Waals surface area contributed by atoms with Gasteiger partial charge in [-0.1, -0.05) is 0 Å². The van der Waals surface area contributed by atoms with E-state index in [4.69, 9.17) is 0 Å². The molecule has 1 saturated heterocycles. The van der Waals surface area contributed by atoms with Crippen LogP contribution in [0.4, 0.5) is 0 Å². The third kappa shape index (κ3) is 3.84. The summed E-state index contributed by atoms with van der Waals surface area (Å²) in [4.78, 5) is 14.5. The normalized spacial score (nSPS) is 18.7. The molecule has 1 fully saturated rings. The van der Waals surface area contributed by atoms with Crippen molar-refractivity contribution in [1.29, 1.82) is 0 Å². The van der Waals surface area contributed by atoms with Gasteiger partial charge in [0, 0.05) is 31.7 Å². The average Bonchev–Trinajstić information content (AvgIpc) is 3.18. The fourth-order valence-electron chi connectivity index (χ4n) is 3.15. The van der Waals surface area contributed by atoms with Crippen LogP contribution in [-0.2, 0) is 27.6 Å². The molecule has 1 aliphatic rings.